The van der Waals surface area contributed by atoms with Gasteiger partial charge >= 0.3 is 0 Å². The Labute approximate surface area is 55.8 Å². The molecule has 0 heterocycles. The second-order valence-corrected chi connectivity index (χ2v) is 2.46. The molecule has 0 aromatic rings. The Kier molecular flexibility index (Phi) is 3.50. The van der Waals surface area contributed by atoms with Crippen LogP contribution in [0, 0.1) is 5.92 Å². The molecule has 54 valence electrons. The second kappa shape index (κ2) is 3.64. The van der Waals surface area contributed by atoms with Crippen molar-refractivity contribution in [3.63, 3.8) is 0 Å². The van der Waals surface area contributed by atoms with Crippen LogP contribution in [0.2, 0.25) is 0 Å². The van der Waals surface area contributed by atoms with Crippen molar-refractivity contribution in [1.82, 2.24) is 0 Å². The zero-order valence-corrected chi connectivity index (χ0v) is 5.91. The van der Waals surface area contributed by atoms with Crippen LogP contribution < -0.4 is 0 Å². The van der Waals surface area contributed by atoms with Gasteiger partial charge in [-0.3, -0.25) is 0 Å². The monoisotopic (exact) mass is 130 g/mol. The second-order valence-electron chi connectivity index (χ2n) is 2.46. The average Bonchev–Trinajstić information content (AvgIpc) is 1.84. The number of rotatable bonds is 3. The summed E-state index contributed by atoms with van der Waals surface area (Å²) in [6.45, 7) is 7.04. The van der Waals surface area contributed by atoms with E-state index in [9.17, 15) is 0 Å². The summed E-state index contributed by atoms with van der Waals surface area (Å²) in [4.78, 5) is 0. The van der Waals surface area contributed by atoms with E-state index in [0.717, 1.165) is 0 Å². The number of hydrogen-bond donors (Lipinski definition) is 2. The predicted molar refractivity (Wildman–Crippen MR) is 37.0 cm³/mol. The molecule has 0 aromatic carbocycles. The van der Waals surface area contributed by atoms with E-state index < -0.39 is 12.2 Å². The Balaban J connectivity index is 3.71. The van der Waals surface area contributed by atoms with Crippen molar-refractivity contribution in [3.05, 3.63) is 12.7 Å². The van der Waals surface area contributed by atoms with E-state index in [1.54, 1.807) is 0 Å². The van der Waals surface area contributed by atoms with Crippen molar-refractivity contribution in [2.75, 3.05) is 0 Å². The molecule has 0 unspecified atom stereocenters. The summed E-state index contributed by atoms with van der Waals surface area (Å²) in [5.41, 5.74) is 0. The maximum atomic E-state index is 9.07. The molecule has 0 spiro atoms. The lowest BCUT2D eigenvalue weighted by Gasteiger charge is -2.17. The minimum atomic E-state index is -0.787. The number of aliphatic hydroxyl groups excluding tert-OH is 2. The Morgan fingerprint density at radius 2 is 1.78 bits per heavy atom. The summed E-state index contributed by atoms with van der Waals surface area (Å²) in [5.74, 6) is 0.0815. The van der Waals surface area contributed by atoms with Crippen LogP contribution in [0.15, 0.2) is 12.7 Å². The van der Waals surface area contributed by atoms with E-state index in [4.69, 9.17) is 10.2 Å². The standard InChI is InChI=1S/C7H14O2/c1-4-6(8)7(9)5(2)3/h4-9H,1H2,2-3H3/t6-,7-/m1/s1. The minimum absolute atomic E-state index is 0.0815. The third-order valence-electron chi connectivity index (χ3n) is 1.27. The topological polar surface area (TPSA) is 40.5 Å². The Morgan fingerprint density at radius 3 is 1.89 bits per heavy atom. The van der Waals surface area contributed by atoms with E-state index in [-0.39, 0.29) is 5.92 Å². The van der Waals surface area contributed by atoms with Crippen LogP contribution in [0.1, 0.15) is 13.8 Å². The molecular weight excluding hydrogens is 116 g/mol. The average molecular weight is 130 g/mol. The number of aliphatic hydroxyl groups is 2. The number of hydrogen-bond acceptors (Lipinski definition) is 2. The van der Waals surface area contributed by atoms with Crippen LogP contribution in [-0.2, 0) is 0 Å². The summed E-state index contributed by atoms with van der Waals surface area (Å²) in [6, 6.07) is 0. The fourth-order valence-electron chi connectivity index (χ4n) is 0.534. The van der Waals surface area contributed by atoms with Gasteiger partial charge in [-0.2, -0.15) is 0 Å². The lowest BCUT2D eigenvalue weighted by atomic mass is 10.0. The highest BCUT2D eigenvalue weighted by molar-refractivity contribution is 4.85. The van der Waals surface area contributed by atoms with Gasteiger partial charge < -0.3 is 10.2 Å². The quantitative estimate of drug-likeness (QED) is 0.548. The van der Waals surface area contributed by atoms with E-state index in [1.807, 2.05) is 13.8 Å². The first kappa shape index (κ1) is 8.66. The van der Waals surface area contributed by atoms with E-state index in [0.29, 0.717) is 0 Å². The largest absolute Gasteiger partial charge is 0.390 e. The van der Waals surface area contributed by atoms with Crippen LogP contribution in [0.3, 0.4) is 0 Å². The van der Waals surface area contributed by atoms with Crippen LogP contribution in [0.25, 0.3) is 0 Å². The molecule has 2 N–H and O–H groups in total. The summed E-state index contributed by atoms with van der Waals surface area (Å²) in [5, 5.41) is 18.0. The third-order valence-corrected chi connectivity index (χ3v) is 1.27. The molecule has 2 heteroatoms. The molecule has 0 bridgehead atoms. The Bertz CT molecular complexity index is 88.9. The van der Waals surface area contributed by atoms with Crippen LogP contribution in [0.5, 0.6) is 0 Å². The first-order chi connectivity index (χ1) is 4.09. The molecule has 0 aromatic heterocycles. The van der Waals surface area contributed by atoms with Crippen LogP contribution >= 0.6 is 0 Å². The van der Waals surface area contributed by atoms with E-state index >= 15 is 0 Å². The molecule has 0 aliphatic carbocycles. The van der Waals surface area contributed by atoms with Crippen molar-refractivity contribution < 1.29 is 10.2 Å². The highest BCUT2D eigenvalue weighted by Gasteiger charge is 2.15. The Hall–Kier alpha value is -0.340. The molecule has 2 atom stereocenters. The van der Waals surface area contributed by atoms with Gasteiger partial charge in [0.1, 0.15) is 0 Å². The smallest absolute Gasteiger partial charge is 0.0979 e. The normalized spacial score (nSPS) is 17.4. The van der Waals surface area contributed by atoms with Crippen molar-refractivity contribution in [2.24, 2.45) is 5.92 Å². The van der Waals surface area contributed by atoms with E-state index in [2.05, 4.69) is 6.58 Å². The first-order valence-electron chi connectivity index (χ1n) is 3.08. The fraction of sp³-hybridized carbons (Fsp3) is 0.714. The van der Waals surface area contributed by atoms with E-state index in [1.165, 1.54) is 6.08 Å². The SMILES string of the molecule is C=C[C@@H](O)[C@H](O)C(C)C. The van der Waals surface area contributed by atoms with Crippen molar-refractivity contribution >= 4 is 0 Å². The molecule has 0 saturated heterocycles. The van der Waals surface area contributed by atoms with Crippen LogP contribution in [0.4, 0.5) is 0 Å². The van der Waals surface area contributed by atoms with Crippen molar-refractivity contribution in [1.29, 1.82) is 0 Å². The lowest BCUT2D eigenvalue weighted by molar-refractivity contribution is 0.0185. The van der Waals surface area contributed by atoms with Gasteiger partial charge in [-0.15, -0.1) is 6.58 Å². The molecule has 0 aliphatic heterocycles. The summed E-state index contributed by atoms with van der Waals surface area (Å²) in [7, 11) is 0. The van der Waals surface area contributed by atoms with Crippen molar-refractivity contribution in [2.45, 2.75) is 26.1 Å². The van der Waals surface area contributed by atoms with Gasteiger partial charge in [-0.25, -0.2) is 0 Å². The molecule has 0 rings (SSSR count). The van der Waals surface area contributed by atoms with Gasteiger partial charge in [0.05, 0.1) is 12.2 Å². The molecule has 9 heavy (non-hydrogen) atoms. The highest BCUT2D eigenvalue weighted by atomic mass is 16.3. The Morgan fingerprint density at radius 1 is 1.33 bits per heavy atom. The van der Waals surface area contributed by atoms with Gasteiger partial charge in [0.25, 0.3) is 0 Å². The van der Waals surface area contributed by atoms with Gasteiger partial charge in [-0.05, 0) is 5.92 Å². The van der Waals surface area contributed by atoms with Gasteiger partial charge in [0.15, 0.2) is 0 Å². The summed E-state index contributed by atoms with van der Waals surface area (Å²) in [6.07, 6.45) is -0.127. The maximum absolute atomic E-state index is 9.07. The summed E-state index contributed by atoms with van der Waals surface area (Å²) < 4.78 is 0. The van der Waals surface area contributed by atoms with Gasteiger partial charge in [0.2, 0.25) is 0 Å². The predicted octanol–water partition coefficient (Wildman–Crippen LogP) is 0.550. The maximum Gasteiger partial charge on any atom is 0.0979 e. The van der Waals surface area contributed by atoms with Gasteiger partial charge in [-0.1, -0.05) is 19.9 Å². The zero-order valence-electron chi connectivity index (χ0n) is 5.91. The third kappa shape index (κ3) is 2.63. The molecule has 0 fully saturated rings. The highest BCUT2D eigenvalue weighted by Crippen LogP contribution is 2.05. The summed E-state index contributed by atoms with van der Waals surface area (Å²) >= 11 is 0. The molecule has 0 saturated carbocycles. The molecule has 0 amide bonds. The molecular formula is C7H14O2. The first-order valence-corrected chi connectivity index (χ1v) is 3.08. The molecule has 0 radical (unpaired) electrons. The minimum Gasteiger partial charge on any atom is -0.390 e. The zero-order chi connectivity index (χ0) is 7.44. The van der Waals surface area contributed by atoms with Crippen LogP contribution in [-0.4, -0.2) is 22.4 Å². The van der Waals surface area contributed by atoms with Gasteiger partial charge in [0, 0.05) is 0 Å². The van der Waals surface area contributed by atoms with Crippen molar-refractivity contribution in [3.8, 4) is 0 Å². The molecule has 0 aliphatic rings. The molecule has 2 nitrogen and oxygen atoms in total. The lowest BCUT2D eigenvalue weighted by Crippen LogP contribution is -2.28. The fourth-order valence-corrected chi connectivity index (χ4v) is 0.534.